The zero-order valence-corrected chi connectivity index (χ0v) is 12.5. The summed E-state index contributed by atoms with van der Waals surface area (Å²) in [6.07, 6.45) is 2.54. The lowest BCUT2D eigenvalue weighted by atomic mass is 9.84. The fraction of sp³-hybridized carbons (Fsp3) is 0.769. The Hall–Kier alpha value is -0.530. The third kappa shape index (κ3) is 3.52. The summed E-state index contributed by atoms with van der Waals surface area (Å²) in [6.45, 7) is 6.19. The summed E-state index contributed by atoms with van der Waals surface area (Å²) >= 11 is 1.67. The average Bonchev–Trinajstić information content (AvgIpc) is 2.83. The van der Waals surface area contributed by atoms with Crippen LogP contribution in [0, 0.1) is 6.92 Å². The third-order valence-corrected chi connectivity index (χ3v) is 4.51. The normalized spacial score (nSPS) is 20.4. The summed E-state index contributed by atoms with van der Waals surface area (Å²) in [5, 5.41) is 3.18. The molecule has 0 saturated carbocycles. The molecule has 1 aromatic heterocycles. The van der Waals surface area contributed by atoms with Crippen LogP contribution < -0.4 is 11.3 Å². The molecule has 1 aliphatic rings. The third-order valence-electron chi connectivity index (χ3n) is 3.69. The Labute approximate surface area is 118 Å². The largest absolute Gasteiger partial charge is 0.381 e. The first-order valence-electron chi connectivity index (χ1n) is 6.79. The van der Waals surface area contributed by atoms with E-state index in [1.54, 1.807) is 11.3 Å². The molecule has 108 valence electrons. The van der Waals surface area contributed by atoms with Crippen LogP contribution in [0.5, 0.6) is 0 Å². The molecular weight excluding hydrogens is 262 g/mol. The highest BCUT2D eigenvalue weighted by Gasteiger charge is 2.41. The second kappa shape index (κ2) is 6.76. The predicted octanol–water partition coefficient (Wildman–Crippen LogP) is 1.41. The Kier molecular flexibility index (Phi) is 5.29. The zero-order valence-electron chi connectivity index (χ0n) is 11.6. The Balaban J connectivity index is 2.12. The molecule has 0 aromatic carbocycles. The monoisotopic (exact) mass is 285 g/mol. The van der Waals surface area contributed by atoms with Crippen molar-refractivity contribution in [1.29, 1.82) is 0 Å². The van der Waals surface area contributed by atoms with Gasteiger partial charge in [-0.3, -0.25) is 11.3 Å². The fourth-order valence-corrected chi connectivity index (χ4v) is 3.33. The van der Waals surface area contributed by atoms with Crippen LogP contribution in [0.4, 0.5) is 0 Å². The molecule has 1 fully saturated rings. The summed E-state index contributed by atoms with van der Waals surface area (Å²) in [4.78, 5) is 4.52. The maximum Gasteiger partial charge on any atom is 0.0897 e. The summed E-state index contributed by atoms with van der Waals surface area (Å²) < 4.78 is 11.5. The molecule has 1 aliphatic heterocycles. The van der Waals surface area contributed by atoms with E-state index >= 15 is 0 Å². The summed E-state index contributed by atoms with van der Waals surface area (Å²) in [5.74, 6) is 5.78. The first-order chi connectivity index (χ1) is 9.20. The highest BCUT2D eigenvalue weighted by atomic mass is 32.1. The summed E-state index contributed by atoms with van der Waals surface area (Å²) in [6, 6.07) is 0.0675. The van der Waals surface area contributed by atoms with Gasteiger partial charge in [-0.05, 0) is 13.8 Å². The van der Waals surface area contributed by atoms with Gasteiger partial charge in [-0.15, -0.1) is 11.3 Å². The van der Waals surface area contributed by atoms with E-state index in [4.69, 9.17) is 15.3 Å². The minimum Gasteiger partial charge on any atom is -0.381 e. The van der Waals surface area contributed by atoms with Crippen molar-refractivity contribution in [2.24, 2.45) is 5.84 Å². The lowest BCUT2D eigenvalue weighted by Crippen LogP contribution is -2.58. The number of nitrogens with zero attached hydrogens (tertiary/aromatic N) is 1. The molecule has 1 saturated heterocycles. The molecule has 0 bridgehead atoms. The topological polar surface area (TPSA) is 69.4 Å². The number of rotatable bonds is 6. The van der Waals surface area contributed by atoms with Gasteiger partial charge in [0.15, 0.2) is 0 Å². The molecule has 0 amide bonds. The van der Waals surface area contributed by atoms with Crippen LogP contribution in [0.15, 0.2) is 5.38 Å². The first kappa shape index (κ1) is 14.9. The molecule has 1 atom stereocenters. The van der Waals surface area contributed by atoms with Crippen LogP contribution in [0.25, 0.3) is 0 Å². The van der Waals surface area contributed by atoms with Gasteiger partial charge in [0.1, 0.15) is 0 Å². The van der Waals surface area contributed by atoms with Crippen LogP contribution in [0.1, 0.15) is 30.5 Å². The Morgan fingerprint density at radius 1 is 1.58 bits per heavy atom. The smallest absolute Gasteiger partial charge is 0.0897 e. The van der Waals surface area contributed by atoms with Gasteiger partial charge in [-0.2, -0.15) is 0 Å². The fourth-order valence-electron chi connectivity index (χ4n) is 2.71. The quantitative estimate of drug-likeness (QED) is 0.611. The van der Waals surface area contributed by atoms with Gasteiger partial charge in [0, 0.05) is 44.5 Å². The van der Waals surface area contributed by atoms with Crippen molar-refractivity contribution in [3.8, 4) is 0 Å². The van der Waals surface area contributed by atoms with Crippen LogP contribution >= 0.6 is 11.3 Å². The molecule has 2 rings (SSSR count). The lowest BCUT2D eigenvalue weighted by molar-refractivity contribution is -0.126. The van der Waals surface area contributed by atoms with Gasteiger partial charge in [0.25, 0.3) is 0 Å². The van der Waals surface area contributed by atoms with Crippen molar-refractivity contribution in [2.45, 2.75) is 44.8 Å². The lowest BCUT2D eigenvalue weighted by Gasteiger charge is -2.42. The number of ether oxygens (including phenoxy) is 2. The number of thiazole rings is 1. The van der Waals surface area contributed by atoms with Gasteiger partial charge >= 0.3 is 0 Å². The molecule has 1 unspecified atom stereocenters. The van der Waals surface area contributed by atoms with Gasteiger partial charge in [0.2, 0.25) is 0 Å². The Morgan fingerprint density at radius 3 is 2.84 bits per heavy atom. The molecule has 6 heteroatoms. The van der Waals surface area contributed by atoms with Crippen LogP contribution in [0.3, 0.4) is 0 Å². The molecule has 0 aliphatic carbocycles. The van der Waals surface area contributed by atoms with Crippen molar-refractivity contribution in [2.75, 3.05) is 19.8 Å². The van der Waals surface area contributed by atoms with E-state index in [-0.39, 0.29) is 11.6 Å². The second-order valence-electron chi connectivity index (χ2n) is 4.89. The van der Waals surface area contributed by atoms with Crippen LogP contribution in [-0.4, -0.2) is 36.4 Å². The standard InChI is InChI=1S/C13H23N3O2S/c1-3-18-13(4-6-17-7-5-13)12(16-14)8-11-9-19-10(2)15-11/h9,12,16H,3-8,14H2,1-2H3. The molecule has 3 N–H and O–H groups in total. The van der Waals surface area contributed by atoms with E-state index in [9.17, 15) is 0 Å². The Bertz CT molecular complexity index is 385. The van der Waals surface area contributed by atoms with Crippen molar-refractivity contribution in [3.63, 3.8) is 0 Å². The van der Waals surface area contributed by atoms with Gasteiger partial charge in [-0.25, -0.2) is 4.98 Å². The number of nitrogens with two attached hydrogens (primary N) is 1. The molecular formula is C13H23N3O2S. The van der Waals surface area contributed by atoms with Crippen LogP contribution in [-0.2, 0) is 15.9 Å². The number of hydrogen-bond acceptors (Lipinski definition) is 6. The summed E-state index contributed by atoms with van der Waals surface area (Å²) in [7, 11) is 0. The molecule has 0 radical (unpaired) electrons. The van der Waals surface area contributed by atoms with E-state index in [0.717, 1.165) is 43.2 Å². The maximum absolute atomic E-state index is 6.06. The van der Waals surface area contributed by atoms with Crippen molar-refractivity contribution in [1.82, 2.24) is 10.4 Å². The number of nitrogens with one attached hydrogen (secondary N) is 1. The minimum absolute atomic E-state index is 0.0675. The minimum atomic E-state index is -0.237. The number of aryl methyl sites for hydroxylation is 1. The van der Waals surface area contributed by atoms with Gasteiger partial charge in [0.05, 0.1) is 22.3 Å². The van der Waals surface area contributed by atoms with Crippen LogP contribution in [0.2, 0.25) is 0 Å². The van der Waals surface area contributed by atoms with E-state index in [2.05, 4.69) is 15.8 Å². The average molecular weight is 285 g/mol. The summed E-state index contributed by atoms with van der Waals surface area (Å²) in [5.41, 5.74) is 3.78. The van der Waals surface area contributed by atoms with Crippen molar-refractivity contribution in [3.05, 3.63) is 16.1 Å². The van der Waals surface area contributed by atoms with E-state index in [1.807, 2.05) is 13.8 Å². The number of hydrazine groups is 1. The van der Waals surface area contributed by atoms with Gasteiger partial charge < -0.3 is 9.47 Å². The van der Waals surface area contributed by atoms with Gasteiger partial charge in [-0.1, -0.05) is 0 Å². The number of hydrogen-bond donors (Lipinski definition) is 2. The molecule has 5 nitrogen and oxygen atoms in total. The zero-order chi connectivity index (χ0) is 13.7. The maximum atomic E-state index is 6.06. The van der Waals surface area contributed by atoms with E-state index < -0.39 is 0 Å². The molecule has 0 spiro atoms. The number of aromatic nitrogens is 1. The molecule has 19 heavy (non-hydrogen) atoms. The first-order valence-corrected chi connectivity index (χ1v) is 7.67. The highest BCUT2D eigenvalue weighted by Crippen LogP contribution is 2.30. The SMILES string of the molecule is CCOC1(C(Cc2csc(C)n2)NN)CCOCC1. The second-order valence-corrected chi connectivity index (χ2v) is 5.95. The van der Waals surface area contributed by atoms with E-state index in [0.29, 0.717) is 6.61 Å². The highest BCUT2D eigenvalue weighted by molar-refractivity contribution is 7.09. The molecule has 1 aromatic rings. The predicted molar refractivity (Wildman–Crippen MR) is 76.1 cm³/mol. The molecule has 2 heterocycles. The van der Waals surface area contributed by atoms with Crippen molar-refractivity contribution >= 4 is 11.3 Å². The van der Waals surface area contributed by atoms with E-state index in [1.165, 1.54) is 0 Å². The van der Waals surface area contributed by atoms with Crippen molar-refractivity contribution < 1.29 is 9.47 Å². The Morgan fingerprint density at radius 2 is 2.32 bits per heavy atom.